The maximum Gasteiger partial charge on any atom is 0.121 e. The van der Waals surface area contributed by atoms with Crippen LogP contribution < -0.4 is 5.11 Å². The minimum Gasteiger partial charge on any atom is -0.547 e. The summed E-state index contributed by atoms with van der Waals surface area (Å²) in [6.07, 6.45) is 4.53. The molecule has 0 aromatic heterocycles. The minimum atomic E-state index is -2.00. The Bertz CT molecular complexity index is 264. The summed E-state index contributed by atoms with van der Waals surface area (Å²) < 4.78 is 1.32. The van der Waals surface area contributed by atoms with E-state index in [1.54, 1.807) is 0 Å². The highest BCUT2D eigenvalue weighted by molar-refractivity contribution is 5.70. The molecule has 0 aliphatic heterocycles. The van der Waals surface area contributed by atoms with E-state index in [0.29, 0.717) is 0 Å². The molecule has 0 fully saturated rings. The highest BCUT2D eigenvalue weighted by Gasteiger charge is 2.18. The van der Waals surface area contributed by atoms with E-state index in [1.807, 2.05) is 0 Å². The summed E-state index contributed by atoms with van der Waals surface area (Å²) in [5.74, 6) is -1.79. The van der Waals surface area contributed by atoms with Crippen LogP contribution in [0.3, 0.4) is 0 Å². The van der Waals surface area contributed by atoms with Gasteiger partial charge in [0.2, 0.25) is 0 Å². The summed E-state index contributed by atoms with van der Waals surface area (Å²) in [7, 11) is 2.45. The van der Waals surface area contributed by atoms with Gasteiger partial charge < -0.3 is 29.7 Å². The van der Waals surface area contributed by atoms with Crippen LogP contribution in [0.4, 0.5) is 0 Å². The molecule has 0 amide bonds. The molecule has 0 saturated heterocycles. The van der Waals surface area contributed by atoms with E-state index in [2.05, 4.69) is 27.8 Å². The van der Waals surface area contributed by atoms with Gasteiger partial charge in [-0.25, -0.2) is 0 Å². The summed E-state index contributed by atoms with van der Waals surface area (Å²) in [4.78, 5) is 9.67. The van der Waals surface area contributed by atoms with Crippen molar-refractivity contribution in [1.29, 1.82) is 0 Å². The average Bonchev–Trinajstić information content (AvgIpc) is 2.55. The van der Waals surface area contributed by atoms with Gasteiger partial charge in [-0.05, 0) is 19.3 Å². The summed E-state index contributed by atoms with van der Waals surface area (Å²) in [5.41, 5.74) is 0. The van der Waals surface area contributed by atoms with Gasteiger partial charge in [0, 0.05) is 0 Å². The van der Waals surface area contributed by atoms with E-state index in [-0.39, 0.29) is 0 Å². The Kier molecular flexibility index (Phi) is 15.9. The van der Waals surface area contributed by atoms with Gasteiger partial charge in [-0.1, -0.05) is 40.0 Å². The van der Waals surface area contributed by atoms with Crippen LogP contribution in [0.2, 0.25) is 0 Å². The lowest BCUT2D eigenvalue weighted by atomic mass is 10.2. The number of carboxylic acid groups (broad SMARTS) is 1. The van der Waals surface area contributed by atoms with Crippen LogP contribution in [-0.2, 0) is 4.79 Å². The number of quaternary nitrogens is 1. The fraction of sp³-hybridized carbons (Fsp3) is 0.941. The van der Waals surface area contributed by atoms with E-state index in [1.165, 1.54) is 62.6 Å². The van der Waals surface area contributed by atoms with Crippen LogP contribution in [0.1, 0.15) is 59.3 Å². The molecule has 23 heavy (non-hydrogen) atoms. The van der Waals surface area contributed by atoms with Crippen LogP contribution in [0.5, 0.6) is 0 Å². The topological polar surface area (TPSA) is 101 Å². The van der Waals surface area contributed by atoms with Gasteiger partial charge in [-0.15, -0.1) is 0 Å². The number of unbranched alkanes of at least 4 members (excludes halogenated alkanes) is 3. The number of rotatable bonds is 12. The third kappa shape index (κ3) is 13.4. The van der Waals surface area contributed by atoms with Crippen molar-refractivity contribution in [2.45, 2.75) is 71.5 Å². The van der Waals surface area contributed by atoms with Crippen LogP contribution >= 0.6 is 0 Å². The molecule has 6 nitrogen and oxygen atoms in total. The third-order valence-electron chi connectivity index (χ3n) is 3.95. The van der Waals surface area contributed by atoms with Crippen molar-refractivity contribution < 1.29 is 29.7 Å². The molecule has 0 radical (unpaired) electrons. The molecular formula is C17H37NO5. The molecule has 0 rings (SSSR count). The van der Waals surface area contributed by atoms with Gasteiger partial charge >= 0.3 is 0 Å². The van der Waals surface area contributed by atoms with Crippen molar-refractivity contribution in [1.82, 2.24) is 0 Å². The van der Waals surface area contributed by atoms with Gasteiger partial charge in [-0.3, -0.25) is 0 Å². The number of hydrogen-bond acceptors (Lipinski definition) is 5. The van der Waals surface area contributed by atoms with Crippen molar-refractivity contribution >= 4 is 5.97 Å². The number of hydrogen-bond donors (Lipinski definition) is 3. The van der Waals surface area contributed by atoms with E-state index in [4.69, 9.17) is 15.3 Å². The van der Waals surface area contributed by atoms with E-state index in [9.17, 15) is 9.90 Å². The third-order valence-corrected chi connectivity index (χ3v) is 3.95. The van der Waals surface area contributed by atoms with Gasteiger partial charge in [-0.2, -0.15) is 0 Å². The molecular weight excluding hydrogens is 298 g/mol. The Balaban J connectivity index is 0. The summed E-state index contributed by atoms with van der Waals surface area (Å²) in [5, 5.41) is 34.4. The molecule has 6 heteroatoms. The highest BCUT2D eigenvalue weighted by atomic mass is 16.4. The van der Waals surface area contributed by atoms with E-state index < -0.39 is 24.8 Å². The zero-order valence-electron chi connectivity index (χ0n) is 15.3. The molecule has 0 spiro atoms. The Hall–Kier alpha value is -0.690. The Labute approximate surface area is 141 Å². The van der Waals surface area contributed by atoms with Crippen LogP contribution in [0.15, 0.2) is 0 Å². The maximum absolute atomic E-state index is 9.67. The summed E-state index contributed by atoms with van der Waals surface area (Å²) in [6.45, 7) is 10.2. The standard InChI is InChI=1S/C13H30N.C4H8O5/c1-5-8-11-14(4,12-9-6-2)13-10-7-3;5-1-2(6)3(7)4(8)9/h5-13H2,1-4H3;2-3,5-7H,1H2,(H,8,9)/q+1;/p-1/t;2-,3+/m.1/s1. The minimum absolute atomic E-state index is 0.796. The number of aliphatic carboxylic acids is 1. The first-order chi connectivity index (χ1) is 10.8. The van der Waals surface area contributed by atoms with E-state index >= 15 is 0 Å². The second-order valence-corrected chi connectivity index (χ2v) is 6.36. The summed E-state index contributed by atoms with van der Waals surface area (Å²) in [6, 6.07) is 0. The number of aliphatic hydroxyl groups is 3. The highest BCUT2D eigenvalue weighted by Crippen LogP contribution is 2.10. The SMILES string of the molecule is CCCC[N+](C)(CCCC)CCCC.O=C([O-])[C@@H](O)[C@H](O)CO. The Morgan fingerprint density at radius 2 is 1.30 bits per heavy atom. The lowest BCUT2D eigenvalue weighted by Gasteiger charge is -2.34. The van der Waals surface area contributed by atoms with Gasteiger partial charge in [0.05, 0.1) is 39.3 Å². The molecule has 0 saturated carbocycles. The van der Waals surface area contributed by atoms with Crippen LogP contribution in [-0.4, -0.2) is 71.3 Å². The normalized spacial score (nSPS) is 13.9. The molecule has 2 atom stereocenters. The number of carbonyl (C=O) groups is 1. The Morgan fingerprint density at radius 3 is 1.48 bits per heavy atom. The molecule has 0 aromatic carbocycles. The number of nitrogens with zero attached hydrogens (tertiary/aromatic N) is 1. The van der Waals surface area contributed by atoms with E-state index in [0.717, 1.165) is 0 Å². The average molecular weight is 335 g/mol. The van der Waals surface area contributed by atoms with Crippen molar-refractivity contribution in [3.8, 4) is 0 Å². The van der Waals surface area contributed by atoms with Crippen LogP contribution in [0.25, 0.3) is 0 Å². The molecule has 0 aliphatic rings. The molecule has 0 aromatic rings. The number of aliphatic hydroxyl groups excluding tert-OH is 3. The predicted molar refractivity (Wildman–Crippen MR) is 89.6 cm³/mol. The van der Waals surface area contributed by atoms with Gasteiger partial charge in [0.25, 0.3) is 0 Å². The fourth-order valence-corrected chi connectivity index (χ4v) is 2.21. The molecule has 0 heterocycles. The maximum atomic E-state index is 9.67. The first-order valence-electron chi connectivity index (χ1n) is 8.79. The number of carbonyl (C=O) groups excluding carboxylic acids is 1. The van der Waals surface area contributed by atoms with Crippen molar-refractivity contribution in [2.24, 2.45) is 0 Å². The van der Waals surface area contributed by atoms with Gasteiger partial charge in [0.15, 0.2) is 0 Å². The predicted octanol–water partition coefficient (Wildman–Crippen LogP) is 0.284. The van der Waals surface area contributed by atoms with Crippen molar-refractivity contribution in [2.75, 3.05) is 33.3 Å². The van der Waals surface area contributed by atoms with Crippen molar-refractivity contribution in [3.63, 3.8) is 0 Å². The largest absolute Gasteiger partial charge is 0.547 e. The first-order valence-corrected chi connectivity index (χ1v) is 8.79. The zero-order valence-corrected chi connectivity index (χ0v) is 15.3. The zero-order chi connectivity index (χ0) is 18.3. The molecule has 3 N–H and O–H groups in total. The van der Waals surface area contributed by atoms with Gasteiger partial charge in [0.1, 0.15) is 12.2 Å². The monoisotopic (exact) mass is 335 g/mol. The molecule has 0 aliphatic carbocycles. The Morgan fingerprint density at radius 1 is 0.957 bits per heavy atom. The lowest BCUT2D eigenvalue weighted by molar-refractivity contribution is -0.910. The first kappa shape index (κ1) is 24.6. The van der Waals surface area contributed by atoms with Crippen LogP contribution in [0, 0.1) is 0 Å². The molecule has 0 unspecified atom stereocenters. The molecule has 140 valence electrons. The molecule has 0 bridgehead atoms. The smallest absolute Gasteiger partial charge is 0.121 e. The number of carboxylic acids is 1. The fourth-order valence-electron chi connectivity index (χ4n) is 2.21. The second kappa shape index (κ2) is 14.9. The lowest BCUT2D eigenvalue weighted by Crippen LogP contribution is -2.46. The quantitative estimate of drug-likeness (QED) is 0.445. The second-order valence-electron chi connectivity index (χ2n) is 6.36. The van der Waals surface area contributed by atoms with Crippen molar-refractivity contribution in [3.05, 3.63) is 0 Å². The summed E-state index contributed by atoms with van der Waals surface area (Å²) >= 11 is 0.